The van der Waals surface area contributed by atoms with Crippen LogP contribution in [0, 0.1) is 0 Å². The van der Waals surface area contributed by atoms with Crippen molar-refractivity contribution in [3.05, 3.63) is 36.5 Å². The molecule has 2 atom stereocenters. The highest BCUT2D eigenvalue weighted by Crippen LogP contribution is 2.19. The third kappa shape index (κ3) is 67.3. The molecule has 0 aliphatic carbocycles. The van der Waals surface area contributed by atoms with Crippen LogP contribution in [-0.4, -0.2) is 34.9 Å². The zero-order valence-corrected chi connectivity index (χ0v) is 54.2. The molecule has 0 rings (SSSR count). The normalized spacial score (nSPS) is 12.8. The number of amides is 1. The van der Waals surface area contributed by atoms with E-state index in [2.05, 4.69) is 43.5 Å². The van der Waals surface area contributed by atoms with Crippen molar-refractivity contribution in [2.45, 2.75) is 431 Å². The van der Waals surface area contributed by atoms with Crippen LogP contribution in [-0.2, 0) is 4.79 Å². The molecule has 4 nitrogen and oxygen atoms in total. The van der Waals surface area contributed by atoms with Crippen molar-refractivity contribution in [1.82, 2.24) is 5.32 Å². The van der Waals surface area contributed by atoms with E-state index in [4.69, 9.17) is 0 Å². The Bertz CT molecular complexity index is 1210. The molecule has 0 bridgehead atoms. The fourth-order valence-electron chi connectivity index (χ4n) is 11.8. The number of allylic oxidation sites excluding steroid dienone is 5. The molecule has 0 saturated carbocycles. The van der Waals surface area contributed by atoms with Gasteiger partial charge in [-0.15, -0.1) is 0 Å². The Balaban J connectivity index is 3.41. The smallest absolute Gasteiger partial charge is 0.220 e. The Labute approximate surface area is 497 Å². The first-order valence-corrected chi connectivity index (χ1v) is 36.7. The lowest BCUT2D eigenvalue weighted by atomic mass is 10.0. The molecule has 4 heteroatoms. The maximum atomic E-state index is 12.5. The first-order valence-electron chi connectivity index (χ1n) is 36.7. The fourth-order valence-corrected chi connectivity index (χ4v) is 11.8. The summed E-state index contributed by atoms with van der Waals surface area (Å²) in [6, 6.07) is -0.639. The molecule has 1 amide bonds. The molecule has 0 radical (unpaired) electrons. The Morgan fingerprint density at radius 1 is 0.291 bits per heavy atom. The number of carbonyl (C=O) groups excluding carboxylic acids is 1. The third-order valence-corrected chi connectivity index (χ3v) is 17.3. The van der Waals surface area contributed by atoms with E-state index in [1.807, 2.05) is 6.08 Å². The molecule has 2 unspecified atom stereocenters. The van der Waals surface area contributed by atoms with Crippen LogP contribution >= 0.6 is 0 Å². The lowest BCUT2D eigenvalue weighted by Crippen LogP contribution is -2.45. The molecule has 0 aromatic rings. The Hall–Kier alpha value is -1.39. The van der Waals surface area contributed by atoms with Gasteiger partial charge in [0.05, 0.1) is 18.8 Å². The summed E-state index contributed by atoms with van der Waals surface area (Å²) in [6.07, 6.45) is 98.4. The van der Waals surface area contributed by atoms with Gasteiger partial charge in [0, 0.05) is 6.42 Å². The lowest BCUT2D eigenvalue weighted by Gasteiger charge is -2.19. The maximum absolute atomic E-state index is 12.5. The molecule has 0 spiro atoms. The van der Waals surface area contributed by atoms with Crippen LogP contribution in [0.3, 0.4) is 0 Å². The van der Waals surface area contributed by atoms with Gasteiger partial charge in [-0.25, -0.2) is 0 Å². The van der Waals surface area contributed by atoms with Crippen LogP contribution in [0.4, 0.5) is 0 Å². The highest BCUT2D eigenvalue weighted by molar-refractivity contribution is 5.76. The van der Waals surface area contributed by atoms with Gasteiger partial charge in [0.1, 0.15) is 0 Å². The van der Waals surface area contributed by atoms with Crippen molar-refractivity contribution in [3.8, 4) is 0 Å². The monoisotopic (exact) mass is 1110 g/mol. The minimum Gasteiger partial charge on any atom is -0.394 e. The second-order valence-corrected chi connectivity index (χ2v) is 25.4. The zero-order chi connectivity index (χ0) is 56.9. The van der Waals surface area contributed by atoms with E-state index in [1.165, 1.54) is 366 Å². The van der Waals surface area contributed by atoms with Gasteiger partial charge < -0.3 is 15.5 Å². The van der Waals surface area contributed by atoms with Gasteiger partial charge in [-0.05, 0) is 57.8 Å². The van der Waals surface area contributed by atoms with E-state index in [9.17, 15) is 15.0 Å². The predicted octanol–water partition coefficient (Wildman–Crippen LogP) is 25.1. The number of rotatable bonds is 69. The molecule has 3 N–H and O–H groups in total. The number of hydrogen-bond acceptors (Lipinski definition) is 3. The minimum absolute atomic E-state index is 0.0645. The highest BCUT2D eigenvalue weighted by atomic mass is 16.3. The number of aliphatic hydroxyl groups excluding tert-OH is 2. The van der Waals surface area contributed by atoms with Crippen LogP contribution in [0.1, 0.15) is 418 Å². The van der Waals surface area contributed by atoms with Crippen molar-refractivity contribution in [3.63, 3.8) is 0 Å². The topological polar surface area (TPSA) is 69.6 Å². The van der Waals surface area contributed by atoms with Crippen LogP contribution < -0.4 is 5.32 Å². The summed E-state index contributed by atoms with van der Waals surface area (Å²) in [5.41, 5.74) is 0. The predicted molar refractivity (Wildman–Crippen MR) is 355 cm³/mol. The van der Waals surface area contributed by atoms with E-state index in [0.29, 0.717) is 6.42 Å². The summed E-state index contributed by atoms with van der Waals surface area (Å²) < 4.78 is 0. The van der Waals surface area contributed by atoms with Crippen molar-refractivity contribution in [2.75, 3.05) is 6.61 Å². The number of unbranched alkanes of at least 4 members (excludes halogenated alkanes) is 58. The molecule has 79 heavy (non-hydrogen) atoms. The first-order chi connectivity index (χ1) is 39.2. The maximum Gasteiger partial charge on any atom is 0.220 e. The largest absolute Gasteiger partial charge is 0.394 e. The van der Waals surface area contributed by atoms with E-state index in [1.54, 1.807) is 6.08 Å². The number of carbonyl (C=O) groups is 1. The van der Waals surface area contributed by atoms with Gasteiger partial charge in [0.15, 0.2) is 0 Å². The lowest BCUT2D eigenvalue weighted by molar-refractivity contribution is -0.123. The molecule has 0 aromatic heterocycles. The fraction of sp³-hybridized carbons (Fsp3) is 0.907. The number of nitrogens with one attached hydrogen (secondary N) is 1. The molecule has 0 aliphatic rings. The van der Waals surface area contributed by atoms with Crippen LogP contribution in [0.2, 0.25) is 0 Å². The minimum atomic E-state index is -0.862. The number of hydrogen-bond donors (Lipinski definition) is 3. The standard InChI is InChI=1S/C75H145NO3/c1-3-5-7-9-11-13-15-17-19-21-23-25-27-29-31-33-34-35-36-37-38-39-40-41-42-43-45-47-49-51-53-55-57-59-61-63-65-67-69-71-75(79)76-73(72-77)74(78)70-68-66-64-62-60-58-56-54-52-50-48-46-44-32-30-28-26-24-22-20-18-16-14-12-10-8-6-4-2/h21,23,60,62,68,70,73-74,77-78H,3-20,22,24-59,61,63-67,69,71-72H2,1-2H3,(H,76,79)/b23-21-,62-60+,70-68+. The van der Waals surface area contributed by atoms with Gasteiger partial charge in [0.2, 0.25) is 5.91 Å². The molecule has 0 aliphatic heterocycles. The molecule has 0 fully saturated rings. The quantitative estimate of drug-likeness (QED) is 0.0420. The third-order valence-electron chi connectivity index (χ3n) is 17.3. The molecular formula is C75H145NO3. The highest BCUT2D eigenvalue weighted by Gasteiger charge is 2.18. The van der Waals surface area contributed by atoms with Crippen LogP contribution in [0.15, 0.2) is 36.5 Å². The van der Waals surface area contributed by atoms with E-state index >= 15 is 0 Å². The van der Waals surface area contributed by atoms with Crippen molar-refractivity contribution >= 4 is 5.91 Å². The van der Waals surface area contributed by atoms with Gasteiger partial charge in [-0.3, -0.25) is 4.79 Å². The molecular weight excluding hydrogens is 963 g/mol. The Morgan fingerprint density at radius 3 is 0.734 bits per heavy atom. The summed E-state index contributed by atoms with van der Waals surface area (Å²) in [5, 5.41) is 23.3. The first kappa shape index (κ1) is 77.6. The van der Waals surface area contributed by atoms with Crippen LogP contribution in [0.25, 0.3) is 0 Å². The SMILES string of the molecule is CCCCCCCCCC/C=C\CCCCCCCCCCCCCCCCCCCCCCCCCCCCCC(=O)NC(CO)C(O)/C=C/CC/C=C/CCCCCCCCCCCCCCCCCCCCCCCC. The van der Waals surface area contributed by atoms with Crippen molar-refractivity contribution < 1.29 is 15.0 Å². The van der Waals surface area contributed by atoms with Crippen molar-refractivity contribution in [1.29, 1.82) is 0 Å². The second-order valence-electron chi connectivity index (χ2n) is 25.4. The molecule has 0 heterocycles. The molecule has 0 saturated heterocycles. The molecule has 0 aromatic carbocycles. The van der Waals surface area contributed by atoms with Gasteiger partial charge >= 0.3 is 0 Å². The van der Waals surface area contributed by atoms with Gasteiger partial charge in [-0.2, -0.15) is 0 Å². The average Bonchev–Trinajstić information content (AvgIpc) is 3.45. The number of aliphatic hydroxyl groups is 2. The summed E-state index contributed by atoms with van der Waals surface area (Å²) >= 11 is 0. The summed E-state index contributed by atoms with van der Waals surface area (Å²) in [6.45, 7) is 4.35. The Kier molecular flexibility index (Phi) is 69.6. The summed E-state index contributed by atoms with van der Waals surface area (Å²) in [5.74, 6) is -0.0645. The van der Waals surface area contributed by atoms with Crippen LogP contribution in [0.5, 0.6) is 0 Å². The summed E-state index contributed by atoms with van der Waals surface area (Å²) in [4.78, 5) is 12.5. The van der Waals surface area contributed by atoms with E-state index in [-0.39, 0.29) is 12.5 Å². The van der Waals surface area contributed by atoms with Crippen molar-refractivity contribution in [2.24, 2.45) is 0 Å². The summed E-state index contributed by atoms with van der Waals surface area (Å²) in [7, 11) is 0. The zero-order valence-electron chi connectivity index (χ0n) is 54.2. The van der Waals surface area contributed by atoms with Gasteiger partial charge in [-0.1, -0.05) is 391 Å². The second kappa shape index (κ2) is 70.9. The van der Waals surface area contributed by atoms with E-state index < -0.39 is 12.1 Å². The van der Waals surface area contributed by atoms with E-state index in [0.717, 1.165) is 32.1 Å². The average molecular weight is 1110 g/mol. The Morgan fingerprint density at radius 2 is 0.494 bits per heavy atom. The molecule has 468 valence electrons. The van der Waals surface area contributed by atoms with Gasteiger partial charge in [0.25, 0.3) is 0 Å².